The van der Waals surface area contributed by atoms with Gasteiger partial charge in [0.15, 0.2) is 0 Å². The van der Waals surface area contributed by atoms with Crippen molar-refractivity contribution in [2.24, 2.45) is 5.73 Å². The van der Waals surface area contributed by atoms with Crippen molar-refractivity contribution >= 4 is 17.8 Å². The second-order valence-corrected chi connectivity index (χ2v) is 2.86. The first-order valence-electron chi connectivity index (χ1n) is 4.16. The number of amides is 1. The van der Waals surface area contributed by atoms with Crippen LogP contribution in [-0.4, -0.2) is 18.1 Å². The molecule has 0 aliphatic rings. The van der Waals surface area contributed by atoms with Crippen molar-refractivity contribution in [2.75, 3.05) is 17.6 Å². The van der Waals surface area contributed by atoms with Crippen LogP contribution in [0.4, 0.5) is 11.4 Å². The highest BCUT2D eigenvalue weighted by atomic mass is 16.3. The summed E-state index contributed by atoms with van der Waals surface area (Å²) in [6, 6.07) is 4.88. The molecule has 0 aliphatic carbocycles. The van der Waals surface area contributed by atoms with Crippen molar-refractivity contribution in [1.29, 1.82) is 0 Å². The number of nitrogen functional groups attached to an aromatic ring is 1. The lowest BCUT2D eigenvalue weighted by molar-refractivity contribution is -0.105. The van der Waals surface area contributed by atoms with E-state index in [9.17, 15) is 9.90 Å². The van der Waals surface area contributed by atoms with E-state index in [0.29, 0.717) is 23.3 Å². The van der Waals surface area contributed by atoms with Crippen molar-refractivity contribution < 1.29 is 9.90 Å². The third-order valence-corrected chi connectivity index (χ3v) is 1.90. The van der Waals surface area contributed by atoms with Crippen LogP contribution in [-0.2, 0) is 4.79 Å². The quantitative estimate of drug-likeness (QED) is 0.395. The molecular formula is C9H13N3O2. The highest BCUT2D eigenvalue weighted by Crippen LogP contribution is 2.22. The van der Waals surface area contributed by atoms with E-state index in [0.717, 1.165) is 0 Å². The first-order chi connectivity index (χ1) is 6.69. The number of aliphatic hydroxyl groups excluding tert-OH is 1. The zero-order chi connectivity index (χ0) is 10.6. The average Bonchev–Trinajstić information content (AvgIpc) is 2.20. The molecule has 0 radical (unpaired) electrons. The molecule has 0 aliphatic heterocycles. The molecule has 14 heavy (non-hydrogen) atoms. The predicted molar refractivity (Wildman–Crippen MR) is 54.6 cm³/mol. The van der Waals surface area contributed by atoms with Gasteiger partial charge >= 0.3 is 0 Å². The van der Waals surface area contributed by atoms with Crippen molar-refractivity contribution in [2.45, 2.75) is 6.10 Å². The largest absolute Gasteiger partial charge is 0.397 e. The van der Waals surface area contributed by atoms with Gasteiger partial charge < -0.3 is 21.9 Å². The summed E-state index contributed by atoms with van der Waals surface area (Å²) in [6.45, 7) is 0.129. The summed E-state index contributed by atoms with van der Waals surface area (Å²) in [7, 11) is 0. The lowest BCUT2D eigenvalue weighted by Crippen LogP contribution is -2.12. The lowest BCUT2D eigenvalue weighted by atomic mass is 10.1. The van der Waals surface area contributed by atoms with Gasteiger partial charge in [0.25, 0.3) is 0 Å². The van der Waals surface area contributed by atoms with E-state index in [1.54, 1.807) is 18.2 Å². The van der Waals surface area contributed by atoms with E-state index in [1.807, 2.05) is 0 Å². The van der Waals surface area contributed by atoms with Gasteiger partial charge in [-0.25, -0.2) is 0 Å². The summed E-state index contributed by atoms with van der Waals surface area (Å²) < 4.78 is 0. The minimum atomic E-state index is -0.734. The number of rotatable bonds is 4. The number of nitrogens with two attached hydrogens (primary N) is 2. The Labute approximate surface area is 81.7 Å². The fourth-order valence-corrected chi connectivity index (χ4v) is 1.11. The van der Waals surface area contributed by atoms with Crippen molar-refractivity contribution in [3.63, 3.8) is 0 Å². The number of nitrogens with one attached hydrogen (secondary N) is 1. The fourth-order valence-electron chi connectivity index (χ4n) is 1.11. The summed E-state index contributed by atoms with van der Waals surface area (Å²) in [5, 5.41) is 11.9. The van der Waals surface area contributed by atoms with Crippen LogP contribution in [0.3, 0.4) is 0 Å². The highest BCUT2D eigenvalue weighted by molar-refractivity contribution is 5.80. The molecule has 5 nitrogen and oxygen atoms in total. The van der Waals surface area contributed by atoms with E-state index in [-0.39, 0.29) is 6.54 Å². The molecule has 0 saturated heterocycles. The van der Waals surface area contributed by atoms with E-state index >= 15 is 0 Å². The molecule has 1 rings (SSSR count). The molecule has 0 saturated carbocycles. The molecule has 6 N–H and O–H groups in total. The number of carbonyl (C=O) groups is 1. The van der Waals surface area contributed by atoms with Gasteiger partial charge in [0, 0.05) is 6.54 Å². The normalized spacial score (nSPS) is 12.1. The lowest BCUT2D eigenvalue weighted by Gasteiger charge is -2.11. The fraction of sp³-hybridized carbons (Fsp3) is 0.222. The van der Waals surface area contributed by atoms with Gasteiger partial charge in [-0.05, 0) is 17.7 Å². The van der Waals surface area contributed by atoms with Crippen LogP contribution in [0.1, 0.15) is 11.7 Å². The molecule has 0 aromatic heterocycles. The van der Waals surface area contributed by atoms with Crippen LogP contribution in [0.5, 0.6) is 0 Å². The van der Waals surface area contributed by atoms with Gasteiger partial charge in [-0.15, -0.1) is 0 Å². The van der Waals surface area contributed by atoms with Crippen molar-refractivity contribution in [3.05, 3.63) is 23.8 Å². The smallest absolute Gasteiger partial charge is 0.211 e. The summed E-state index contributed by atoms with van der Waals surface area (Å²) in [4.78, 5) is 10.2. The minimum Gasteiger partial charge on any atom is -0.397 e. The third-order valence-electron chi connectivity index (χ3n) is 1.90. The van der Waals surface area contributed by atoms with Crippen LogP contribution in [0.25, 0.3) is 0 Å². The van der Waals surface area contributed by atoms with Gasteiger partial charge in [-0.1, -0.05) is 6.07 Å². The summed E-state index contributed by atoms with van der Waals surface area (Å²) in [6.07, 6.45) is -0.201. The van der Waals surface area contributed by atoms with Crippen LogP contribution in [0.2, 0.25) is 0 Å². The van der Waals surface area contributed by atoms with Crippen LogP contribution in [0.15, 0.2) is 18.2 Å². The topological polar surface area (TPSA) is 101 Å². The van der Waals surface area contributed by atoms with Crippen molar-refractivity contribution in [3.8, 4) is 0 Å². The first kappa shape index (κ1) is 10.5. The number of carbonyl (C=O) groups excluding carboxylic acids is 1. The Morgan fingerprint density at radius 1 is 1.57 bits per heavy atom. The number of benzene rings is 1. The molecule has 0 heterocycles. The van der Waals surface area contributed by atoms with Crippen LogP contribution >= 0.6 is 0 Å². The maximum atomic E-state index is 10.2. The number of anilines is 2. The van der Waals surface area contributed by atoms with E-state index < -0.39 is 6.10 Å². The maximum Gasteiger partial charge on any atom is 0.211 e. The van der Waals surface area contributed by atoms with Gasteiger partial charge in [-0.2, -0.15) is 0 Å². The molecule has 76 valence electrons. The zero-order valence-electron chi connectivity index (χ0n) is 7.60. The first-order valence-corrected chi connectivity index (χ1v) is 4.16. The molecule has 0 spiro atoms. The summed E-state index contributed by atoms with van der Waals surface area (Å²) in [5.41, 5.74) is 12.4. The van der Waals surface area contributed by atoms with Gasteiger partial charge in [-0.3, -0.25) is 4.79 Å². The molecule has 0 bridgehead atoms. The Bertz CT molecular complexity index is 328. The van der Waals surface area contributed by atoms with Crippen LogP contribution < -0.4 is 16.8 Å². The monoisotopic (exact) mass is 195 g/mol. The second-order valence-electron chi connectivity index (χ2n) is 2.86. The Balaban J connectivity index is 2.99. The standard InChI is InChI=1S/C9H13N3O2/c10-4-9(14)6-1-2-7(11)8(3-6)12-5-13/h1-3,5,9,14H,4,10-11H2,(H,12,13)/t9-/m0/s1. The molecular weight excluding hydrogens is 182 g/mol. The Kier molecular flexibility index (Phi) is 3.44. The second kappa shape index (κ2) is 4.59. The van der Waals surface area contributed by atoms with E-state index in [1.165, 1.54) is 0 Å². The molecule has 0 unspecified atom stereocenters. The summed E-state index contributed by atoms with van der Waals surface area (Å²) >= 11 is 0. The average molecular weight is 195 g/mol. The SMILES string of the molecule is NC[C@H](O)c1ccc(N)c(NC=O)c1. The van der Waals surface area contributed by atoms with Gasteiger partial charge in [0.05, 0.1) is 17.5 Å². The number of aliphatic hydroxyl groups is 1. The molecule has 1 aromatic rings. The number of hydrogen-bond donors (Lipinski definition) is 4. The van der Waals surface area contributed by atoms with E-state index in [4.69, 9.17) is 11.5 Å². The Hall–Kier alpha value is -1.59. The van der Waals surface area contributed by atoms with E-state index in [2.05, 4.69) is 5.32 Å². The Morgan fingerprint density at radius 2 is 2.29 bits per heavy atom. The zero-order valence-corrected chi connectivity index (χ0v) is 7.60. The number of hydrogen-bond acceptors (Lipinski definition) is 4. The molecule has 1 aromatic carbocycles. The van der Waals surface area contributed by atoms with Gasteiger partial charge in [0.1, 0.15) is 0 Å². The maximum absolute atomic E-state index is 10.2. The molecule has 5 heteroatoms. The minimum absolute atomic E-state index is 0.129. The van der Waals surface area contributed by atoms with Gasteiger partial charge in [0.2, 0.25) is 6.41 Å². The molecule has 1 atom stereocenters. The van der Waals surface area contributed by atoms with Crippen molar-refractivity contribution in [1.82, 2.24) is 0 Å². The third kappa shape index (κ3) is 2.21. The molecule has 0 fully saturated rings. The highest BCUT2D eigenvalue weighted by Gasteiger charge is 2.07. The molecule has 1 amide bonds. The Morgan fingerprint density at radius 3 is 2.86 bits per heavy atom. The van der Waals surface area contributed by atoms with Crippen LogP contribution in [0, 0.1) is 0 Å². The predicted octanol–water partition coefficient (Wildman–Crippen LogP) is -0.171. The summed E-state index contributed by atoms with van der Waals surface area (Å²) in [5.74, 6) is 0.